The van der Waals surface area contributed by atoms with E-state index in [4.69, 9.17) is 14.3 Å². The lowest BCUT2D eigenvalue weighted by molar-refractivity contribution is 0.204. The van der Waals surface area contributed by atoms with Gasteiger partial charge in [-0.1, -0.05) is 0 Å². The van der Waals surface area contributed by atoms with E-state index in [-0.39, 0.29) is 35.1 Å². The third kappa shape index (κ3) is 3.29. The lowest BCUT2D eigenvalue weighted by Crippen LogP contribution is -2.27. The summed E-state index contributed by atoms with van der Waals surface area (Å²) in [6.07, 6.45) is 0. The second kappa shape index (κ2) is 5.78. The average molecular weight is 314 g/mol. The molecule has 16 heavy (non-hydrogen) atoms. The highest BCUT2D eigenvalue weighted by Gasteiger charge is 2.21. The van der Waals surface area contributed by atoms with Gasteiger partial charge in [-0.2, -0.15) is 0 Å². The number of aliphatic hydroxyl groups is 1. The summed E-state index contributed by atoms with van der Waals surface area (Å²) in [7, 11) is -2.16. The summed E-state index contributed by atoms with van der Waals surface area (Å²) in [6.45, 7) is 0.0959. The molecule has 0 saturated carbocycles. The van der Waals surface area contributed by atoms with Crippen LogP contribution in [-0.4, -0.2) is 33.8 Å². The minimum Gasteiger partial charge on any atom is -0.450 e. The third-order valence-electron chi connectivity index (χ3n) is 1.75. The number of sulfonamides is 1. The van der Waals surface area contributed by atoms with Crippen LogP contribution in [0.1, 0.15) is 5.76 Å². The molecule has 0 radical (unpaired) electrons. The maximum Gasteiger partial charge on any atom is 0.245 e. The Kier molecular flexibility index (Phi) is 4.93. The van der Waals surface area contributed by atoms with E-state index in [2.05, 4.69) is 20.7 Å². The van der Waals surface area contributed by atoms with E-state index >= 15 is 0 Å². The predicted molar refractivity (Wildman–Crippen MR) is 59.4 cm³/mol. The average Bonchev–Trinajstić information content (AvgIpc) is 2.60. The van der Waals surface area contributed by atoms with Gasteiger partial charge in [0.2, 0.25) is 10.0 Å². The van der Waals surface area contributed by atoms with Crippen molar-refractivity contribution in [2.45, 2.75) is 11.5 Å². The molecule has 0 amide bonds. The van der Waals surface area contributed by atoms with Crippen LogP contribution < -0.4 is 4.72 Å². The number of ether oxygens (including phenoxy) is 1. The fourth-order valence-electron chi connectivity index (χ4n) is 1.01. The molecule has 1 aromatic rings. The van der Waals surface area contributed by atoms with E-state index in [1.807, 2.05) is 0 Å². The van der Waals surface area contributed by atoms with Crippen LogP contribution in [0.3, 0.4) is 0 Å². The molecule has 8 heteroatoms. The van der Waals surface area contributed by atoms with Gasteiger partial charge in [0.05, 0.1) is 6.61 Å². The zero-order valence-electron chi connectivity index (χ0n) is 8.57. The van der Waals surface area contributed by atoms with Crippen LogP contribution in [0.25, 0.3) is 0 Å². The van der Waals surface area contributed by atoms with E-state index in [0.29, 0.717) is 0 Å². The van der Waals surface area contributed by atoms with Crippen LogP contribution in [-0.2, 0) is 21.4 Å². The predicted octanol–water partition coefficient (Wildman–Crippen LogP) is 0.459. The zero-order valence-corrected chi connectivity index (χ0v) is 11.0. The lowest BCUT2D eigenvalue weighted by atomic mass is 10.5. The molecule has 0 aliphatic carbocycles. The number of aliphatic hydroxyl groups excluding tert-OH is 1. The molecule has 0 aromatic carbocycles. The Bertz CT molecular complexity index is 441. The van der Waals surface area contributed by atoms with E-state index in [1.165, 1.54) is 13.2 Å². The minimum atomic E-state index is -3.63. The third-order valence-corrected chi connectivity index (χ3v) is 4.07. The molecule has 0 bridgehead atoms. The van der Waals surface area contributed by atoms with Gasteiger partial charge in [0.15, 0.2) is 4.67 Å². The number of furan rings is 1. The summed E-state index contributed by atoms with van der Waals surface area (Å²) in [5, 5.41) is 8.81. The van der Waals surface area contributed by atoms with E-state index < -0.39 is 10.0 Å². The Morgan fingerprint density at radius 2 is 2.31 bits per heavy atom. The first-order valence-electron chi connectivity index (χ1n) is 4.39. The molecule has 92 valence electrons. The summed E-state index contributed by atoms with van der Waals surface area (Å²) in [6, 6.07) is 1.26. The quantitative estimate of drug-likeness (QED) is 0.745. The summed E-state index contributed by atoms with van der Waals surface area (Å²) in [5.74, 6) is 0.180. The van der Waals surface area contributed by atoms with Crippen LogP contribution in [0.15, 0.2) is 20.0 Å². The summed E-state index contributed by atoms with van der Waals surface area (Å²) >= 11 is 2.97. The molecule has 0 fully saturated rings. The SMILES string of the molecule is COCCNS(=O)(=O)c1cc(CO)oc1Br. The topological polar surface area (TPSA) is 88.8 Å². The monoisotopic (exact) mass is 313 g/mol. The van der Waals surface area contributed by atoms with E-state index in [9.17, 15) is 8.42 Å². The first kappa shape index (κ1) is 13.7. The number of rotatable bonds is 6. The van der Waals surface area contributed by atoms with Crippen LogP contribution in [0, 0.1) is 0 Å². The second-order valence-corrected chi connectivity index (χ2v) is 5.35. The molecule has 1 aromatic heterocycles. The highest BCUT2D eigenvalue weighted by Crippen LogP contribution is 2.25. The molecule has 0 unspecified atom stereocenters. The van der Waals surface area contributed by atoms with Gasteiger partial charge < -0.3 is 14.3 Å². The molecular formula is C8H12BrNO5S. The number of methoxy groups -OCH3 is 1. The normalized spacial score (nSPS) is 11.9. The maximum atomic E-state index is 11.7. The number of halogens is 1. The number of nitrogens with one attached hydrogen (secondary N) is 1. The molecule has 0 aliphatic heterocycles. The smallest absolute Gasteiger partial charge is 0.245 e. The van der Waals surface area contributed by atoms with E-state index in [0.717, 1.165) is 0 Å². The van der Waals surface area contributed by atoms with Gasteiger partial charge in [-0.3, -0.25) is 0 Å². The molecule has 0 spiro atoms. The van der Waals surface area contributed by atoms with Gasteiger partial charge in [0.1, 0.15) is 17.3 Å². The number of hydrogen-bond acceptors (Lipinski definition) is 5. The first-order valence-corrected chi connectivity index (χ1v) is 6.66. The van der Waals surface area contributed by atoms with Gasteiger partial charge in [-0.15, -0.1) is 0 Å². The van der Waals surface area contributed by atoms with Gasteiger partial charge >= 0.3 is 0 Å². The highest BCUT2D eigenvalue weighted by atomic mass is 79.9. The Balaban J connectivity index is 2.85. The molecular weight excluding hydrogens is 302 g/mol. The van der Waals surface area contributed by atoms with Crippen molar-refractivity contribution in [3.8, 4) is 0 Å². The fraction of sp³-hybridized carbons (Fsp3) is 0.500. The Morgan fingerprint density at radius 3 is 2.81 bits per heavy atom. The Morgan fingerprint density at radius 1 is 1.62 bits per heavy atom. The molecule has 0 saturated heterocycles. The van der Waals surface area contributed by atoms with Crippen molar-refractivity contribution in [1.29, 1.82) is 0 Å². The summed E-state index contributed by atoms with van der Waals surface area (Å²) in [4.78, 5) is -0.0346. The molecule has 6 nitrogen and oxygen atoms in total. The van der Waals surface area contributed by atoms with Crippen molar-refractivity contribution in [3.63, 3.8) is 0 Å². The highest BCUT2D eigenvalue weighted by molar-refractivity contribution is 9.10. The number of hydrogen-bond donors (Lipinski definition) is 2. The van der Waals surface area contributed by atoms with Crippen LogP contribution in [0.4, 0.5) is 0 Å². The van der Waals surface area contributed by atoms with Crippen molar-refractivity contribution in [3.05, 3.63) is 16.5 Å². The van der Waals surface area contributed by atoms with Crippen molar-refractivity contribution in [2.24, 2.45) is 0 Å². The van der Waals surface area contributed by atoms with Crippen LogP contribution >= 0.6 is 15.9 Å². The van der Waals surface area contributed by atoms with Gasteiger partial charge in [-0.25, -0.2) is 13.1 Å². The molecule has 1 rings (SSSR count). The summed E-state index contributed by atoms with van der Waals surface area (Å²) < 4.78 is 35.5. The first-order chi connectivity index (χ1) is 7.51. The summed E-state index contributed by atoms with van der Waals surface area (Å²) in [5.41, 5.74) is 0. The molecule has 2 N–H and O–H groups in total. The minimum absolute atomic E-state index is 0.0346. The van der Waals surface area contributed by atoms with Gasteiger partial charge in [0.25, 0.3) is 0 Å². The van der Waals surface area contributed by atoms with Crippen molar-refractivity contribution < 1.29 is 22.7 Å². The maximum absolute atomic E-state index is 11.7. The van der Waals surface area contributed by atoms with Gasteiger partial charge in [-0.05, 0) is 15.9 Å². The second-order valence-electron chi connectivity index (χ2n) is 2.90. The Hall–Kier alpha value is -0.410. The van der Waals surface area contributed by atoms with Crippen molar-refractivity contribution in [1.82, 2.24) is 4.72 Å². The van der Waals surface area contributed by atoms with Gasteiger partial charge in [0, 0.05) is 19.7 Å². The lowest BCUT2D eigenvalue weighted by Gasteiger charge is -2.03. The standard InChI is InChI=1S/C8H12BrNO5S/c1-14-3-2-10-16(12,13)7-4-6(5-11)15-8(7)9/h4,10-11H,2-3,5H2,1H3. The Labute approximate surface area is 102 Å². The molecule has 1 heterocycles. The van der Waals surface area contributed by atoms with Crippen molar-refractivity contribution in [2.75, 3.05) is 20.3 Å². The van der Waals surface area contributed by atoms with Crippen LogP contribution in [0.5, 0.6) is 0 Å². The zero-order chi connectivity index (χ0) is 12.2. The van der Waals surface area contributed by atoms with E-state index in [1.54, 1.807) is 0 Å². The molecule has 0 aliphatic rings. The van der Waals surface area contributed by atoms with Crippen molar-refractivity contribution >= 4 is 26.0 Å². The molecule has 0 atom stereocenters. The largest absolute Gasteiger partial charge is 0.450 e. The fourth-order valence-corrected chi connectivity index (χ4v) is 3.02. The van der Waals surface area contributed by atoms with Crippen LogP contribution in [0.2, 0.25) is 0 Å².